The second-order valence-corrected chi connectivity index (χ2v) is 5.59. The van der Waals surface area contributed by atoms with Crippen molar-refractivity contribution in [1.29, 1.82) is 0 Å². The van der Waals surface area contributed by atoms with Crippen LogP contribution in [-0.4, -0.2) is 24.6 Å². The third-order valence-electron chi connectivity index (χ3n) is 3.91. The number of hydrogen-bond donors (Lipinski definition) is 2. The van der Waals surface area contributed by atoms with E-state index in [-0.39, 0.29) is 5.91 Å². The zero-order chi connectivity index (χ0) is 14.4. The van der Waals surface area contributed by atoms with Crippen molar-refractivity contribution in [3.63, 3.8) is 0 Å². The molecule has 0 aromatic heterocycles. The van der Waals surface area contributed by atoms with Gasteiger partial charge in [0.1, 0.15) is 5.75 Å². The minimum atomic E-state index is -0.628. The molecule has 0 unspecified atom stereocenters. The summed E-state index contributed by atoms with van der Waals surface area (Å²) < 4.78 is 5.69. The number of nitrogens with one attached hydrogen (secondary N) is 1. The van der Waals surface area contributed by atoms with Crippen molar-refractivity contribution < 1.29 is 9.53 Å². The zero-order valence-corrected chi connectivity index (χ0v) is 12.2. The molecule has 2 rings (SSSR count). The molecule has 1 fully saturated rings. The van der Waals surface area contributed by atoms with E-state index in [9.17, 15) is 4.79 Å². The maximum Gasteiger partial charge on any atom is 0.240 e. The van der Waals surface area contributed by atoms with Crippen LogP contribution in [-0.2, 0) is 4.79 Å². The summed E-state index contributed by atoms with van der Waals surface area (Å²) in [5, 5.41) is 2.92. The lowest BCUT2D eigenvalue weighted by Gasteiger charge is -2.22. The molecule has 0 spiro atoms. The predicted octanol–water partition coefficient (Wildman–Crippen LogP) is 2.15. The van der Waals surface area contributed by atoms with Gasteiger partial charge in [0.05, 0.1) is 12.1 Å². The standard InChI is InChI=1S/C16H24N2O2/c1-13-7-2-3-8-14(13)20-12-6-11-18-15(19)16(17)9-4-5-10-16/h2-3,7-8H,4-6,9-12,17H2,1H3,(H,18,19). The molecule has 1 aromatic rings. The van der Waals surface area contributed by atoms with Crippen LogP contribution in [0.3, 0.4) is 0 Å². The molecule has 1 aliphatic rings. The lowest BCUT2D eigenvalue weighted by Crippen LogP contribution is -2.52. The third kappa shape index (κ3) is 3.73. The van der Waals surface area contributed by atoms with Crippen LogP contribution < -0.4 is 15.8 Å². The number of aryl methyl sites for hydroxylation is 1. The van der Waals surface area contributed by atoms with Gasteiger partial charge in [-0.1, -0.05) is 31.0 Å². The van der Waals surface area contributed by atoms with Crippen molar-refractivity contribution in [2.45, 2.75) is 44.6 Å². The van der Waals surface area contributed by atoms with Gasteiger partial charge in [0, 0.05) is 6.54 Å². The fourth-order valence-electron chi connectivity index (χ4n) is 2.58. The fourth-order valence-corrected chi connectivity index (χ4v) is 2.58. The molecule has 1 saturated carbocycles. The highest BCUT2D eigenvalue weighted by atomic mass is 16.5. The number of amides is 1. The van der Waals surface area contributed by atoms with Crippen LogP contribution in [0.2, 0.25) is 0 Å². The summed E-state index contributed by atoms with van der Waals surface area (Å²) in [4.78, 5) is 12.0. The quantitative estimate of drug-likeness (QED) is 0.783. The van der Waals surface area contributed by atoms with E-state index in [4.69, 9.17) is 10.5 Å². The average Bonchev–Trinajstić information content (AvgIpc) is 2.88. The molecule has 0 atom stereocenters. The van der Waals surface area contributed by atoms with Gasteiger partial charge in [-0.2, -0.15) is 0 Å². The van der Waals surface area contributed by atoms with E-state index in [0.29, 0.717) is 13.2 Å². The van der Waals surface area contributed by atoms with Gasteiger partial charge in [-0.15, -0.1) is 0 Å². The SMILES string of the molecule is Cc1ccccc1OCCCNC(=O)C1(N)CCCC1. The van der Waals surface area contributed by atoms with Crippen molar-refractivity contribution in [3.8, 4) is 5.75 Å². The number of rotatable bonds is 6. The Bertz CT molecular complexity index is 454. The monoisotopic (exact) mass is 276 g/mol. The predicted molar refractivity (Wildman–Crippen MR) is 79.7 cm³/mol. The van der Waals surface area contributed by atoms with Gasteiger partial charge in [0.15, 0.2) is 0 Å². The first kappa shape index (κ1) is 14.9. The maximum atomic E-state index is 12.0. The molecular weight excluding hydrogens is 252 g/mol. The molecule has 110 valence electrons. The molecule has 1 aromatic carbocycles. The summed E-state index contributed by atoms with van der Waals surface area (Å²) in [6.45, 7) is 3.24. The van der Waals surface area contributed by atoms with E-state index in [1.165, 1.54) is 0 Å². The van der Waals surface area contributed by atoms with Gasteiger partial charge >= 0.3 is 0 Å². The van der Waals surface area contributed by atoms with E-state index in [1.54, 1.807) is 0 Å². The number of nitrogens with two attached hydrogens (primary N) is 1. The summed E-state index contributed by atoms with van der Waals surface area (Å²) >= 11 is 0. The number of benzene rings is 1. The van der Waals surface area contributed by atoms with Crippen molar-refractivity contribution in [3.05, 3.63) is 29.8 Å². The Morgan fingerprint density at radius 1 is 1.35 bits per heavy atom. The minimum Gasteiger partial charge on any atom is -0.493 e. The normalized spacial score (nSPS) is 16.9. The van der Waals surface area contributed by atoms with Gasteiger partial charge in [0.2, 0.25) is 5.91 Å². The van der Waals surface area contributed by atoms with Crippen molar-refractivity contribution >= 4 is 5.91 Å². The van der Waals surface area contributed by atoms with Crippen LogP contribution in [0, 0.1) is 6.92 Å². The van der Waals surface area contributed by atoms with Gasteiger partial charge in [-0.05, 0) is 37.8 Å². The van der Waals surface area contributed by atoms with Crippen LogP contribution >= 0.6 is 0 Å². The van der Waals surface area contributed by atoms with Gasteiger partial charge in [-0.3, -0.25) is 4.79 Å². The first-order chi connectivity index (χ1) is 9.62. The van der Waals surface area contributed by atoms with Crippen LogP contribution in [0.1, 0.15) is 37.7 Å². The highest BCUT2D eigenvalue weighted by Gasteiger charge is 2.36. The smallest absolute Gasteiger partial charge is 0.240 e. The molecule has 4 nitrogen and oxygen atoms in total. The van der Waals surface area contributed by atoms with E-state index in [1.807, 2.05) is 31.2 Å². The Balaban J connectivity index is 1.65. The molecule has 0 aliphatic heterocycles. The van der Waals surface area contributed by atoms with Gasteiger partial charge in [-0.25, -0.2) is 0 Å². The van der Waals surface area contributed by atoms with Crippen molar-refractivity contribution in [1.82, 2.24) is 5.32 Å². The topological polar surface area (TPSA) is 64.3 Å². The van der Waals surface area contributed by atoms with Crippen LogP contribution in [0.5, 0.6) is 5.75 Å². The van der Waals surface area contributed by atoms with Crippen LogP contribution in [0.4, 0.5) is 0 Å². The van der Waals surface area contributed by atoms with Gasteiger partial charge in [0.25, 0.3) is 0 Å². The Kier molecular flexibility index (Phi) is 5.01. The molecule has 4 heteroatoms. The maximum absolute atomic E-state index is 12.0. The molecule has 20 heavy (non-hydrogen) atoms. The van der Waals surface area contributed by atoms with Crippen LogP contribution in [0.15, 0.2) is 24.3 Å². The number of ether oxygens (including phenoxy) is 1. The Labute approximate surface area is 120 Å². The average molecular weight is 276 g/mol. The fraction of sp³-hybridized carbons (Fsp3) is 0.562. The Morgan fingerprint density at radius 2 is 2.05 bits per heavy atom. The Hall–Kier alpha value is -1.55. The largest absolute Gasteiger partial charge is 0.493 e. The minimum absolute atomic E-state index is 0.00843. The molecule has 0 heterocycles. The zero-order valence-electron chi connectivity index (χ0n) is 12.2. The lowest BCUT2D eigenvalue weighted by molar-refractivity contribution is -0.126. The summed E-state index contributed by atoms with van der Waals surface area (Å²) in [5.74, 6) is 0.899. The highest BCUT2D eigenvalue weighted by molar-refractivity contribution is 5.86. The number of carbonyl (C=O) groups is 1. The van der Waals surface area contributed by atoms with E-state index in [2.05, 4.69) is 5.32 Å². The summed E-state index contributed by atoms with van der Waals surface area (Å²) in [5.41, 5.74) is 6.59. The number of para-hydroxylation sites is 1. The molecule has 0 radical (unpaired) electrons. The summed E-state index contributed by atoms with van der Waals surface area (Å²) in [6.07, 6.45) is 4.51. The molecule has 1 amide bonds. The first-order valence-corrected chi connectivity index (χ1v) is 7.37. The second-order valence-electron chi connectivity index (χ2n) is 5.59. The second kappa shape index (κ2) is 6.75. The molecular formula is C16H24N2O2. The van der Waals surface area contributed by atoms with E-state index in [0.717, 1.165) is 43.4 Å². The van der Waals surface area contributed by atoms with Crippen molar-refractivity contribution in [2.75, 3.05) is 13.2 Å². The molecule has 0 saturated heterocycles. The van der Waals surface area contributed by atoms with Crippen molar-refractivity contribution in [2.24, 2.45) is 5.73 Å². The number of hydrogen-bond acceptors (Lipinski definition) is 3. The third-order valence-corrected chi connectivity index (χ3v) is 3.91. The number of carbonyl (C=O) groups excluding carboxylic acids is 1. The van der Waals surface area contributed by atoms with E-state index < -0.39 is 5.54 Å². The molecule has 1 aliphatic carbocycles. The highest BCUT2D eigenvalue weighted by Crippen LogP contribution is 2.27. The van der Waals surface area contributed by atoms with E-state index >= 15 is 0 Å². The Morgan fingerprint density at radius 3 is 2.75 bits per heavy atom. The summed E-state index contributed by atoms with van der Waals surface area (Å²) in [7, 11) is 0. The summed E-state index contributed by atoms with van der Waals surface area (Å²) in [6, 6.07) is 7.93. The first-order valence-electron chi connectivity index (χ1n) is 7.37. The lowest BCUT2D eigenvalue weighted by atomic mass is 9.98. The molecule has 0 bridgehead atoms. The van der Waals surface area contributed by atoms with Gasteiger partial charge < -0.3 is 15.8 Å². The van der Waals surface area contributed by atoms with Crippen LogP contribution in [0.25, 0.3) is 0 Å². The molecule has 3 N–H and O–H groups in total.